The highest BCUT2D eigenvalue weighted by Crippen LogP contribution is 3.00. The Kier molecular flexibility index (Phi) is 4.90. The zero-order valence-corrected chi connectivity index (χ0v) is 52.4. The Labute approximate surface area is 515 Å². The van der Waals surface area contributed by atoms with E-state index >= 15 is 5.11 Å². The van der Waals surface area contributed by atoms with E-state index in [9.17, 15) is 0 Å². The molecular weight excluding hydrogens is 1150 g/mol. The standard InChI is InChI=1S/C80H46O12/c1-68(2,3)83-88-73-56-46-36-26-21-16-17-19-20-18(16)23-29-27(21)37(36)47-49-39(29)41-31(23)33-25(20)35-34-24(19)32-30-22(17)28(26)38-40(30)50-52-42(32)44(34)54-55-45(35)43(33)53-51(41)61-59(49)74(57(47)56,89-84-69(4,5)6)67-66(73)78(81)75(90-85-70(7,8)9,60(50)58(73)48(38)46)62(52)64(54)77(92-87-72(13,14)15)65(55)63(53)76(61,91-86-71(10,11)12)79(67)80(77,78)82-79/h81H,1-15H3/t73-,74+,75-,76+,77-,78-,79+,80+/m1/s1. The van der Waals surface area contributed by atoms with Gasteiger partial charge in [-0.25, -0.2) is 48.9 Å². The predicted octanol–water partition coefficient (Wildman–Crippen LogP) is 17.8. The highest BCUT2D eigenvalue weighted by molar-refractivity contribution is 6.77. The summed E-state index contributed by atoms with van der Waals surface area (Å²) in [6.07, 6.45) is 0. The Morgan fingerprint density at radius 1 is 0.228 bits per heavy atom. The second-order valence-electron chi connectivity index (χ2n) is 36.5. The molecule has 1 heterocycles. The molecule has 21 aromatic rings. The fraction of sp³-hybridized carbons (Fsp3) is 0.350. The normalized spacial score (nSPS) is 32.0. The average molecular weight is 1200 g/mol. The maximum atomic E-state index is 17.6. The van der Waals surface area contributed by atoms with Gasteiger partial charge in [0.2, 0.25) is 0 Å². The van der Waals surface area contributed by atoms with Gasteiger partial charge in [0, 0.05) is 66.8 Å². The monoisotopic (exact) mass is 1200 g/mol. The highest BCUT2D eigenvalue weighted by atomic mass is 17.2. The van der Waals surface area contributed by atoms with Gasteiger partial charge in [0.05, 0.1) is 28.0 Å². The lowest BCUT2D eigenvalue weighted by atomic mass is 9.45. The fourth-order valence-corrected chi connectivity index (χ4v) is 27.2. The van der Waals surface area contributed by atoms with Crippen LogP contribution in [0.25, 0.3) is 215 Å². The van der Waals surface area contributed by atoms with Crippen LogP contribution in [0.4, 0.5) is 0 Å². The maximum Gasteiger partial charge on any atom is 0.191 e. The van der Waals surface area contributed by atoms with Crippen LogP contribution < -0.4 is 0 Å². The molecule has 1 saturated heterocycles. The third-order valence-electron chi connectivity index (χ3n) is 27.5. The van der Waals surface area contributed by atoms with Crippen LogP contribution in [0.15, 0.2) is 11.1 Å². The van der Waals surface area contributed by atoms with Crippen LogP contribution in [0.5, 0.6) is 0 Å². The maximum absolute atomic E-state index is 17.6. The molecule has 1 N–H and O–H groups in total. The molecule has 8 atom stereocenters. The SMILES string of the molecule is CC(C)(C)OO[C@]12C3=C4[C@]5(OOC(C)(C)C)c6c1c1c7c2c2c8c9c%10c%11c%12c%13c%14c%15c%16c%17c(c5c5c6c6c1c1c%18c7c8c7c8c9c%12c9c%12c%13c%16c%13c%16c%17c5c5c6c1c1c(c%187)c(c89)c(c%13%12)c1c5%16)[C@@]%15(OOC(C)(C)C)[C@@]41O[C@@]1([C@@]%11%14OOC(C)(C)C)[C@]3(O)[C@@]2%10OOC(C)(C)C. The second kappa shape index (κ2) is 10.1. The Morgan fingerprint density at radius 3 is 0.728 bits per heavy atom. The van der Waals surface area contributed by atoms with Gasteiger partial charge in [0.1, 0.15) is 0 Å². The zero-order chi connectivity index (χ0) is 60.3. The van der Waals surface area contributed by atoms with Gasteiger partial charge in [0.15, 0.2) is 44.8 Å². The molecule has 0 saturated carbocycles. The third-order valence-corrected chi connectivity index (χ3v) is 27.5. The van der Waals surface area contributed by atoms with Crippen LogP contribution >= 0.6 is 0 Å². The van der Waals surface area contributed by atoms with E-state index in [1.807, 2.05) is 20.8 Å². The zero-order valence-electron chi connectivity index (χ0n) is 52.4. The van der Waals surface area contributed by atoms with Gasteiger partial charge in [-0.1, -0.05) is 0 Å². The van der Waals surface area contributed by atoms with Crippen molar-refractivity contribution in [3.05, 3.63) is 66.8 Å². The van der Waals surface area contributed by atoms with Gasteiger partial charge in [-0.3, -0.25) is 0 Å². The van der Waals surface area contributed by atoms with E-state index in [0.717, 1.165) is 109 Å². The van der Waals surface area contributed by atoms with Gasteiger partial charge < -0.3 is 9.84 Å². The van der Waals surface area contributed by atoms with Crippen LogP contribution in [0, 0.1) is 0 Å². The van der Waals surface area contributed by atoms with Gasteiger partial charge in [-0.05, 0) is 319 Å². The molecular formula is C80H46O12. The predicted molar refractivity (Wildman–Crippen MR) is 350 cm³/mol. The quantitative estimate of drug-likeness (QED) is 0.0461. The molecule has 0 unspecified atom stereocenters. The summed E-state index contributed by atoms with van der Waals surface area (Å²) >= 11 is 0. The first kappa shape index (κ1) is 44.4. The first-order valence-corrected chi connectivity index (χ1v) is 33.5. The van der Waals surface area contributed by atoms with Crippen molar-refractivity contribution < 1.29 is 58.7 Å². The second-order valence-corrected chi connectivity index (χ2v) is 36.5. The number of ether oxygens (including phenoxy) is 1. The molecule has 11 aliphatic carbocycles. The van der Waals surface area contributed by atoms with Gasteiger partial charge in [-0.15, -0.1) is 0 Å². The molecule has 1 fully saturated rings. The van der Waals surface area contributed by atoms with Crippen molar-refractivity contribution >= 4 is 215 Å². The molecule has 21 aromatic carbocycles. The third kappa shape index (κ3) is 2.80. The summed E-state index contributed by atoms with van der Waals surface area (Å²) in [7, 11) is 0. The van der Waals surface area contributed by atoms with E-state index in [2.05, 4.69) is 83.1 Å². The van der Waals surface area contributed by atoms with E-state index in [-0.39, 0.29) is 0 Å². The molecule has 33 rings (SSSR count). The lowest BCUT2D eigenvalue weighted by molar-refractivity contribution is -0.460. The summed E-state index contributed by atoms with van der Waals surface area (Å²) in [5, 5.41) is 68.6. The van der Waals surface area contributed by atoms with E-state index in [1.54, 1.807) is 0 Å². The molecule has 12 aliphatic rings. The summed E-state index contributed by atoms with van der Waals surface area (Å²) in [6.45, 7) is 30.9. The molecule has 2 spiro atoms. The van der Waals surface area contributed by atoms with Gasteiger partial charge >= 0.3 is 0 Å². The molecule has 438 valence electrons. The van der Waals surface area contributed by atoms with Crippen molar-refractivity contribution in [2.24, 2.45) is 0 Å². The Bertz CT molecular complexity index is 7460. The number of aliphatic hydroxyl groups is 1. The summed E-state index contributed by atoms with van der Waals surface area (Å²) < 4.78 is 8.92. The van der Waals surface area contributed by atoms with Crippen LogP contribution in [0.3, 0.4) is 0 Å². The summed E-state index contributed by atoms with van der Waals surface area (Å²) in [6, 6.07) is 0. The van der Waals surface area contributed by atoms with E-state index < -0.39 is 72.8 Å². The van der Waals surface area contributed by atoms with Crippen molar-refractivity contribution in [1.82, 2.24) is 0 Å². The molecule has 92 heavy (non-hydrogen) atoms. The number of hydrogen-bond donors (Lipinski definition) is 1. The summed E-state index contributed by atoms with van der Waals surface area (Å²) in [5.74, 6) is 0. The van der Waals surface area contributed by atoms with E-state index in [1.165, 1.54) is 162 Å². The molecule has 0 aromatic heterocycles. The Morgan fingerprint density at radius 2 is 0.424 bits per heavy atom. The largest absolute Gasteiger partial charge is 0.378 e. The van der Waals surface area contributed by atoms with Crippen molar-refractivity contribution in [2.45, 2.75) is 177 Å². The molecule has 0 bridgehead atoms. The van der Waals surface area contributed by atoms with Crippen molar-refractivity contribution in [3.63, 3.8) is 0 Å². The minimum absolute atomic E-state index is 0.531. The topological polar surface area (TPSA) is 125 Å². The smallest absolute Gasteiger partial charge is 0.191 e. The summed E-state index contributed by atoms with van der Waals surface area (Å²) in [4.78, 5) is 78.2. The first-order valence-electron chi connectivity index (χ1n) is 33.5. The van der Waals surface area contributed by atoms with Gasteiger partial charge in [0.25, 0.3) is 0 Å². The first-order chi connectivity index (χ1) is 43.7. The molecule has 12 heteroatoms. The van der Waals surface area contributed by atoms with Crippen LogP contribution in [-0.2, 0) is 81.6 Å². The molecule has 12 nitrogen and oxygen atoms in total. The Balaban J connectivity index is 1.04. The summed E-state index contributed by atoms with van der Waals surface area (Å²) in [5.41, 5.74) is -9.20. The van der Waals surface area contributed by atoms with Gasteiger partial charge in [-0.2, -0.15) is 0 Å². The number of benzene rings is 15. The van der Waals surface area contributed by atoms with Crippen LogP contribution in [0.1, 0.15) is 159 Å². The lowest BCUT2D eigenvalue weighted by Gasteiger charge is -2.62. The molecule has 1 aliphatic heterocycles. The highest BCUT2D eigenvalue weighted by Gasteiger charge is 3.11. The number of epoxide rings is 1. The Hall–Kier alpha value is -7.24. The van der Waals surface area contributed by atoms with Crippen molar-refractivity contribution in [3.8, 4) is 0 Å². The van der Waals surface area contributed by atoms with Crippen LogP contribution in [0.2, 0.25) is 0 Å². The molecule has 0 amide bonds. The van der Waals surface area contributed by atoms with Crippen molar-refractivity contribution in [2.75, 3.05) is 0 Å². The van der Waals surface area contributed by atoms with Crippen molar-refractivity contribution in [1.29, 1.82) is 0 Å². The lowest BCUT2D eigenvalue weighted by Crippen LogP contribution is -2.78. The minimum atomic E-state index is -2.41. The number of hydrogen-bond acceptors (Lipinski definition) is 12. The minimum Gasteiger partial charge on any atom is -0.378 e. The fourth-order valence-electron chi connectivity index (χ4n) is 27.2. The van der Waals surface area contributed by atoms with E-state index in [4.69, 9.17) is 53.6 Å². The average Bonchev–Trinajstić information content (AvgIpc) is 1.34. The van der Waals surface area contributed by atoms with E-state index in [0.29, 0.717) is 11.1 Å². The number of rotatable bonds is 10. The molecule has 0 radical (unpaired) electrons. The van der Waals surface area contributed by atoms with Crippen LogP contribution in [-0.4, -0.2) is 49.9 Å².